The molecule has 1 aromatic rings. The van der Waals surface area contributed by atoms with Crippen molar-refractivity contribution in [1.82, 2.24) is 4.37 Å². The van der Waals surface area contributed by atoms with E-state index < -0.39 is 21.9 Å². The molecule has 1 fully saturated rings. The molecule has 1 aliphatic rings. The van der Waals surface area contributed by atoms with Gasteiger partial charge in [-0.1, -0.05) is 6.92 Å². The van der Waals surface area contributed by atoms with Crippen molar-refractivity contribution in [2.45, 2.75) is 30.8 Å². The van der Waals surface area contributed by atoms with Gasteiger partial charge in [-0.2, -0.15) is 17.5 Å². The Bertz CT molecular complexity index is 613. The molecule has 5 nitrogen and oxygen atoms in total. The quantitative estimate of drug-likeness (QED) is 0.911. The van der Waals surface area contributed by atoms with E-state index in [0.717, 1.165) is 11.5 Å². The fraction of sp³-hybridized carbons (Fsp3) is 0.727. The van der Waals surface area contributed by atoms with E-state index in [1.54, 1.807) is 0 Å². The first-order valence-electron chi connectivity index (χ1n) is 6.46. The molecule has 0 radical (unpaired) electrons. The van der Waals surface area contributed by atoms with E-state index >= 15 is 0 Å². The third-order valence-electron chi connectivity index (χ3n) is 3.52. The summed E-state index contributed by atoms with van der Waals surface area (Å²) in [5, 5.41) is 0.225. The molecule has 0 bridgehead atoms. The van der Waals surface area contributed by atoms with E-state index in [2.05, 4.69) is 4.37 Å². The Kier molecular flexibility index (Phi) is 4.39. The molecule has 120 valence electrons. The lowest BCUT2D eigenvalue weighted by Gasteiger charge is -2.34. The fourth-order valence-electron chi connectivity index (χ4n) is 2.35. The van der Waals surface area contributed by atoms with Crippen LogP contribution >= 0.6 is 11.5 Å². The molecule has 2 N–H and O–H groups in total. The lowest BCUT2D eigenvalue weighted by Crippen LogP contribution is -2.41. The summed E-state index contributed by atoms with van der Waals surface area (Å²) in [5.74, 6) is -1.75. The molecule has 2 heterocycles. The van der Waals surface area contributed by atoms with E-state index in [4.69, 9.17) is 5.73 Å². The molecule has 21 heavy (non-hydrogen) atoms. The predicted octanol–water partition coefficient (Wildman–Crippen LogP) is 2.30. The molecule has 1 aliphatic heterocycles. The van der Waals surface area contributed by atoms with E-state index in [1.165, 1.54) is 11.8 Å². The number of halogens is 3. The molecule has 0 aliphatic carbocycles. The van der Waals surface area contributed by atoms with Gasteiger partial charge in [0.1, 0.15) is 9.90 Å². The van der Waals surface area contributed by atoms with Crippen LogP contribution in [0.2, 0.25) is 0 Å². The van der Waals surface area contributed by atoms with E-state index in [9.17, 15) is 21.6 Å². The van der Waals surface area contributed by atoms with Crippen LogP contribution in [0.1, 0.15) is 19.8 Å². The van der Waals surface area contributed by atoms with Crippen LogP contribution in [0, 0.1) is 5.92 Å². The number of hydrogen-bond acceptors (Lipinski definition) is 6. The maximum absolute atomic E-state index is 12.9. The lowest BCUT2D eigenvalue weighted by molar-refractivity contribution is -0.175. The highest BCUT2D eigenvalue weighted by Crippen LogP contribution is 2.40. The average molecular weight is 343 g/mol. The number of hydrogen-bond donors (Lipinski definition) is 1. The van der Waals surface area contributed by atoms with Gasteiger partial charge < -0.3 is 10.6 Å². The lowest BCUT2D eigenvalue weighted by atomic mass is 9.98. The molecule has 0 saturated carbocycles. The summed E-state index contributed by atoms with van der Waals surface area (Å²) in [7, 11) is -3.62. The predicted molar refractivity (Wildman–Crippen MR) is 75.2 cm³/mol. The Morgan fingerprint density at radius 3 is 2.71 bits per heavy atom. The summed E-state index contributed by atoms with van der Waals surface area (Å²) in [4.78, 5) is 1.32. The minimum atomic E-state index is -4.28. The molecule has 1 saturated heterocycles. The average Bonchev–Trinajstić information content (AvgIpc) is 2.80. The number of nitrogens with two attached hydrogens (primary N) is 1. The molecule has 1 unspecified atom stereocenters. The number of anilines is 2. The highest BCUT2D eigenvalue weighted by atomic mass is 32.2. The molecule has 2 rings (SSSR count). The highest BCUT2D eigenvalue weighted by molar-refractivity contribution is 7.91. The number of nitrogen functional groups attached to an aromatic ring is 1. The molecule has 10 heteroatoms. The van der Waals surface area contributed by atoms with Crippen molar-refractivity contribution in [3.8, 4) is 0 Å². The molecule has 1 aromatic heterocycles. The first kappa shape index (κ1) is 16.3. The number of piperidine rings is 1. The van der Waals surface area contributed by atoms with Gasteiger partial charge >= 0.3 is 6.18 Å². The first-order chi connectivity index (χ1) is 9.66. The number of nitrogens with zero attached hydrogens (tertiary/aromatic N) is 2. The second-order valence-electron chi connectivity index (χ2n) is 4.93. The number of sulfone groups is 1. The van der Waals surface area contributed by atoms with Crippen LogP contribution in [0.3, 0.4) is 0 Å². The van der Waals surface area contributed by atoms with Gasteiger partial charge in [0.2, 0.25) is 0 Å². The topological polar surface area (TPSA) is 76.3 Å². The summed E-state index contributed by atoms with van der Waals surface area (Å²) >= 11 is 0.842. The largest absolute Gasteiger partial charge is 0.393 e. The summed E-state index contributed by atoms with van der Waals surface area (Å²) in [6.45, 7) is 1.59. The Morgan fingerprint density at radius 2 is 2.14 bits per heavy atom. The zero-order valence-corrected chi connectivity index (χ0v) is 13.0. The zero-order chi connectivity index (χ0) is 15.8. The second-order valence-corrected chi connectivity index (χ2v) is 7.90. The third-order valence-corrected chi connectivity index (χ3v) is 6.36. The smallest absolute Gasteiger partial charge is 0.382 e. The van der Waals surface area contributed by atoms with Crippen molar-refractivity contribution >= 4 is 32.2 Å². The Labute approximate surface area is 125 Å². The first-order valence-corrected chi connectivity index (χ1v) is 8.89. The van der Waals surface area contributed by atoms with Crippen molar-refractivity contribution in [2.24, 2.45) is 5.92 Å². The van der Waals surface area contributed by atoms with E-state index in [-0.39, 0.29) is 34.4 Å². The van der Waals surface area contributed by atoms with E-state index in [1.807, 2.05) is 0 Å². The molecule has 0 amide bonds. The maximum atomic E-state index is 12.9. The SMILES string of the molecule is CCS(=O)(=O)c1c(N)nsc1N1CCCC(C(F)(F)F)C1. The van der Waals surface area contributed by atoms with Crippen molar-refractivity contribution in [1.29, 1.82) is 0 Å². The van der Waals surface area contributed by atoms with Crippen molar-refractivity contribution in [2.75, 3.05) is 29.5 Å². The van der Waals surface area contributed by atoms with Gasteiger partial charge in [-0.15, -0.1) is 0 Å². The maximum Gasteiger partial charge on any atom is 0.393 e. The van der Waals surface area contributed by atoms with Crippen LogP contribution in [-0.2, 0) is 9.84 Å². The number of aromatic nitrogens is 1. The number of rotatable bonds is 3. The third kappa shape index (κ3) is 3.25. The molecule has 0 aromatic carbocycles. The zero-order valence-electron chi connectivity index (χ0n) is 11.4. The molecular weight excluding hydrogens is 327 g/mol. The van der Waals surface area contributed by atoms with Gasteiger partial charge in [0.05, 0.1) is 11.7 Å². The summed E-state index contributed by atoms with van der Waals surface area (Å²) in [5.41, 5.74) is 5.60. The van der Waals surface area contributed by atoms with E-state index in [0.29, 0.717) is 13.0 Å². The van der Waals surface area contributed by atoms with Crippen LogP contribution in [0.15, 0.2) is 4.90 Å². The second kappa shape index (κ2) is 5.64. The highest BCUT2D eigenvalue weighted by Gasteiger charge is 2.43. The number of alkyl halides is 3. The van der Waals surface area contributed by atoms with Gasteiger partial charge in [-0.05, 0) is 24.4 Å². The summed E-state index contributed by atoms with van der Waals surface area (Å²) < 4.78 is 66.5. The molecule has 1 atom stereocenters. The summed E-state index contributed by atoms with van der Waals surface area (Å²) in [6.07, 6.45) is -3.86. The van der Waals surface area contributed by atoms with Crippen molar-refractivity contribution < 1.29 is 21.6 Å². The van der Waals surface area contributed by atoms with Gasteiger partial charge in [0, 0.05) is 13.1 Å². The van der Waals surface area contributed by atoms with Crippen LogP contribution in [0.5, 0.6) is 0 Å². The Balaban J connectivity index is 2.35. The van der Waals surface area contributed by atoms with Crippen LogP contribution in [-0.4, -0.2) is 37.8 Å². The normalized spacial score (nSPS) is 20.8. The molecular formula is C11H16F3N3O2S2. The van der Waals surface area contributed by atoms with Gasteiger partial charge in [-0.25, -0.2) is 8.42 Å². The Morgan fingerprint density at radius 1 is 1.48 bits per heavy atom. The van der Waals surface area contributed by atoms with Crippen LogP contribution < -0.4 is 10.6 Å². The van der Waals surface area contributed by atoms with Crippen molar-refractivity contribution in [3.05, 3.63) is 0 Å². The monoisotopic (exact) mass is 343 g/mol. The van der Waals surface area contributed by atoms with Crippen LogP contribution in [0.4, 0.5) is 24.0 Å². The van der Waals surface area contributed by atoms with Gasteiger partial charge in [0.15, 0.2) is 15.7 Å². The minimum absolute atomic E-state index is 0.0597. The van der Waals surface area contributed by atoms with Crippen LogP contribution in [0.25, 0.3) is 0 Å². The molecule has 0 spiro atoms. The standard InChI is InChI=1S/C11H16F3N3O2S2/c1-2-21(18,19)8-9(15)16-20-10(8)17-5-3-4-7(6-17)11(12,13)14/h7H,2-6H2,1H3,(H2,15,16). The minimum Gasteiger partial charge on any atom is -0.382 e. The Hall–Kier alpha value is -1.03. The van der Waals surface area contributed by atoms with Gasteiger partial charge in [0.25, 0.3) is 0 Å². The fourth-order valence-corrected chi connectivity index (χ4v) is 4.70. The van der Waals surface area contributed by atoms with Gasteiger partial charge in [-0.3, -0.25) is 0 Å². The summed E-state index contributed by atoms with van der Waals surface area (Å²) in [6, 6.07) is 0. The van der Waals surface area contributed by atoms with Crippen molar-refractivity contribution in [3.63, 3.8) is 0 Å².